The second-order valence-corrected chi connectivity index (χ2v) is 3.48. The number of hydrogen-bond donors (Lipinski definition) is 2. The van der Waals surface area contributed by atoms with Gasteiger partial charge in [0.25, 0.3) is 0 Å². The minimum Gasteiger partial charge on any atom is -0.327 e. The molecule has 3 N–H and O–H groups in total. The van der Waals surface area contributed by atoms with Gasteiger partial charge in [0.15, 0.2) is 0 Å². The van der Waals surface area contributed by atoms with E-state index in [0.29, 0.717) is 0 Å². The third-order valence-electron chi connectivity index (χ3n) is 2.17. The second-order valence-electron chi connectivity index (χ2n) is 3.48. The molecule has 2 atom stereocenters. The summed E-state index contributed by atoms with van der Waals surface area (Å²) in [4.78, 5) is 15.0. The molecule has 0 saturated carbocycles. The lowest BCUT2D eigenvalue weighted by Crippen LogP contribution is -2.34. The molecule has 2 unspecified atom stereocenters. The Morgan fingerprint density at radius 1 is 1.53 bits per heavy atom. The highest BCUT2D eigenvalue weighted by Crippen LogP contribution is 2.07. The van der Waals surface area contributed by atoms with Crippen molar-refractivity contribution in [3.63, 3.8) is 0 Å². The van der Waals surface area contributed by atoms with Gasteiger partial charge in [-0.1, -0.05) is 13.0 Å². The van der Waals surface area contributed by atoms with E-state index in [-0.39, 0.29) is 23.7 Å². The summed E-state index contributed by atoms with van der Waals surface area (Å²) in [5.74, 6) is -1.02. The van der Waals surface area contributed by atoms with Crippen LogP contribution in [0.15, 0.2) is 18.2 Å². The molecule has 0 bridgehead atoms. The molecule has 0 aliphatic heterocycles. The predicted octanol–water partition coefficient (Wildman–Crippen LogP) is 1.14. The van der Waals surface area contributed by atoms with Gasteiger partial charge in [0.05, 0.1) is 5.92 Å². The van der Waals surface area contributed by atoms with Crippen LogP contribution in [0.2, 0.25) is 0 Å². The number of pyridine rings is 1. The third kappa shape index (κ3) is 3.28. The molecule has 15 heavy (non-hydrogen) atoms. The molecule has 0 aliphatic rings. The van der Waals surface area contributed by atoms with Gasteiger partial charge in [0, 0.05) is 6.04 Å². The molecule has 0 aliphatic carbocycles. The Labute approximate surface area is 87.7 Å². The van der Waals surface area contributed by atoms with Crippen LogP contribution in [-0.2, 0) is 4.79 Å². The number of hydrogen-bond acceptors (Lipinski definition) is 3. The molecule has 0 spiro atoms. The first-order chi connectivity index (χ1) is 7.00. The average Bonchev–Trinajstić information content (AvgIpc) is 2.16. The molecule has 0 aromatic carbocycles. The molecule has 82 valence electrons. The first-order valence-electron chi connectivity index (χ1n) is 4.69. The lowest BCUT2D eigenvalue weighted by molar-refractivity contribution is -0.119. The van der Waals surface area contributed by atoms with Gasteiger partial charge < -0.3 is 11.1 Å². The molecule has 1 rings (SSSR count). The van der Waals surface area contributed by atoms with E-state index < -0.39 is 5.95 Å². The fraction of sp³-hybridized carbons (Fsp3) is 0.400. The van der Waals surface area contributed by atoms with Gasteiger partial charge in [-0.2, -0.15) is 4.39 Å². The standard InChI is InChI=1S/C10H14FN3O/c1-6(7(2)12)10(15)14-9-5-3-4-8(11)13-9/h3-7H,12H2,1-2H3,(H,13,14,15). The number of amides is 1. The highest BCUT2D eigenvalue weighted by Gasteiger charge is 2.17. The van der Waals surface area contributed by atoms with Crippen molar-refractivity contribution in [3.05, 3.63) is 24.1 Å². The van der Waals surface area contributed by atoms with E-state index in [4.69, 9.17) is 5.73 Å². The number of aromatic nitrogens is 1. The monoisotopic (exact) mass is 211 g/mol. The van der Waals surface area contributed by atoms with Crippen molar-refractivity contribution in [1.29, 1.82) is 0 Å². The Kier molecular flexibility index (Phi) is 3.74. The van der Waals surface area contributed by atoms with E-state index in [1.54, 1.807) is 13.8 Å². The van der Waals surface area contributed by atoms with Crippen LogP contribution in [0.4, 0.5) is 10.2 Å². The molecular formula is C10H14FN3O. The fourth-order valence-corrected chi connectivity index (χ4v) is 0.957. The van der Waals surface area contributed by atoms with Gasteiger partial charge in [-0.15, -0.1) is 0 Å². The van der Waals surface area contributed by atoms with Crippen LogP contribution < -0.4 is 11.1 Å². The van der Waals surface area contributed by atoms with Crippen molar-refractivity contribution >= 4 is 11.7 Å². The second kappa shape index (κ2) is 4.84. The van der Waals surface area contributed by atoms with Crippen molar-refractivity contribution in [2.75, 3.05) is 5.32 Å². The normalized spacial score (nSPS) is 14.4. The number of nitrogens with one attached hydrogen (secondary N) is 1. The van der Waals surface area contributed by atoms with Crippen LogP contribution in [-0.4, -0.2) is 16.9 Å². The summed E-state index contributed by atoms with van der Waals surface area (Å²) < 4.78 is 12.7. The first kappa shape index (κ1) is 11.6. The Morgan fingerprint density at radius 3 is 2.73 bits per heavy atom. The summed E-state index contributed by atoms with van der Waals surface area (Å²) in [7, 11) is 0. The van der Waals surface area contributed by atoms with E-state index in [2.05, 4.69) is 10.3 Å². The van der Waals surface area contributed by atoms with Gasteiger partial charge >= 0.3 is 0 Å². The molecular weight excluding hydrogens is 197 g/mol. The van der Waals surface area contributed by atoms with Crippen LogP contribution in [0.5, 0.6) is 0 Å². The number of rotatable bonds is 3. The maximum absolute atomic E-state index is 12.7. The van der Waals surface area contributed by atoms with Crippen LogP contribution in [0.3, 0.4) is 0 Å². The molecule has 1 aromatic heterocycles. The Morgan fingerprint density at radius 2 is 2.20 bits per heavy atom. The topological polar surface area (TPSA) is 68.0 Å². The molecule has 4 nitrogen and oxygen atoms in total. The van der Waals surface area contributed by atoms with E-state index in [1.807, 2.05) is 0 Å². The smallest absolute Gasteiger partial charge is 0.229 e. The number of nitrogens with zero attached hydrogens (tertiary/aromatic N) is 1. The minimum atomic E-state index is -0.624. The minimum absolute atomic E-state index is 0.201. The number of carbonyl (C=O) groups is 1. The molecule has 0 radical (unpaired) electrons. The molecule has 1 heterocycles. The SMILES string of the molecule is CC(N)C(C)C(=O)Nc1cccc(F)n1. The first-order valence-corrected chi connectivity index (χ1v) is 4.69. The van der Waals surface area contributed by atoms with Gasteiger partial charge in [0.2, 0.25) is 11.9 Å². The van der Waals surface area contributed by atoms with Gasteiger partial charge in [-0.25, -0.2) is 4.98 Å². The van der Waals surface area contributed by atoms with E-state index in [0.717, 1.165) is 0 Å². The van der Waals surface area contributed by atoms with Crippen molar-refractivity contribution < 1.29 is 9.18 Å². The third-order valence-corrected chi connectivity index (χ3v) is 2.17. The zero-order valence-corrected chi connectivity index (χ0v) is 8.70. The van der Waals surface area contributed by atoms with Crippen LogP contribution in [0, 0.1) is 11.9 Å². The van der Waals surface area contributed by atoms with Crippen LogP contribution in [0.1, 0.15) is 13.8 Å². The van der Waals surface area contributed by atoms with E-state index in [1.165, 1.54) is 18.2 Å². The highest BCUT2D eigenvalue weighted by molar-refractivity contribution is 5.91. The predicted molar refractivity (Wildman–Crippen MR) is 55.6 cm³/mol. The van der Waals surface area contributed by atoms with E-state index >= 15 is 0 Å². The highest BCUT2D eigenvalue weighted by atomic mass is 19.1. The quantitative estimate of drug-likeness (QED) is 0.737. The summed E-state index contributed by atoms with van der Waals surface area (Å²) >= 11 is 0. The van der Waals surface area contributed by atoms with Crippen molar-refractivity contribution in [2.45, 2.75) is 19.9 Å². The average molecular weight is 211 g/mol. The molecule has 1 aromatic rings. The van der Waals surface area contributed by atoms with Crippen LogP contribution in [0.25, 0.3) is 0 Å². The Bertz CT molecular complexity index is 354. The lowest BCUT2D eigenvalue weighted by atomic mass is 10.0. The van der Waals surface area contributed by atoms with Gasteiger partial charge in [-0.3, -0.25) is 4.79 Å². The van der Waals surface area contributed by atoms with Crippen LogP contribution >= 0.6 is 0 Å². The summed E-state index contributed by atoms with van der Waals surface area (Å²) in [6, 6.07) is 3.96. The summed E-state index contributed by atoms with van der Waals surface area (Å²) in [5.41, 5.74) is 5.57. The van der Waals surface area contributed by atoms with Gasteiger partial charge in [0.1, 0.15) is 5.82 Å². The number of carbonyl (C=O) groups excluding carboxylic acids is 1. The summed E-state index contributed by atoms with van der Waals surface area (Å²) in [6.45, 7) is 3.45. The number of anilines is 1. The van der Waals surface area contributed by atoms with Crippen molar-refractivity contribution in [2.24, 2.45) is 11.7 Å². The van der Waals surface area contributed by atoms with Gasteiger partial charge in [-0.05, 0) is 19.1 Å². The largest absolute Gasteiger partial charge is 0.327 e. The van der Waals surface area contributed by atoms with Crippen molar-refractivity contribution in [1.82, 2.24) is 4.98 Å². The molecule has 5 heteroatoms. The summed E-state index contributed by atoms with van der Waals surface area (Å²) in [5, 5.41) is 2.49. The number of nitrogens with two attached hydrogens (primary N) is 1. The lowest BCUT2D eigenvalue weighted by Gasteiger charge is -2.14. The van der Waals surface area contributed by atoms with Crippen molar-refractivity contribution in [3.8, 4) is 0 Å². The Balaban J connectivity index is 2.66. The Hall–Kier alpha value is -1.49. The molecule has 0 saturated heterocycles. The molecule has 1 amide bonds. The molecule has 0 fully saturated rings. The maximum Gasteiger partial charge on any atom is 0.229 e. The fourth-order valence-electron chi connectivity index (χ4n) is 0.957. The van der Waals surface area contributed by atoms with E-state index in [9.17, 15) is 9.18 Å². The zero-order valence-electron chi connectivity index (χ0n) is 8.70. The maximum atomic E-state index is 12.7. The zero-order chi connectivity index (χ0) is 11.4. The summed E-state index contributed by atoms with van der Waals surface area (Å²) in [6.07, 6.45) is 0. The number of halogens is 1.